The molecular weight excluding hydrogens is 357 g/mol. The Bertz CT molecular complexity index is 1010. The highest BCUT2D eigenvalue weighted by Crippen LogP contribution is 2.29. The summed E-state index contributed by atoms with van der Waals surface area (Å²) >= 11 is 0. The van der Waals surface area contributed by atoms with Crippen molar-refractivity contribution in [3.05, 3.63) is 76.9 Å². The maximum atomic E-state index is 13.3. The summed E-state index contributed by atoms with van der Waals surface area (Å²) in [7, 11) is 1.62. The molecule has 5 nitrogen and oxygen atoms in total. The minimum Gasteiger partial charge on any atom is -0.496 e. The number of amides is 1. The Hall–Kier alpha value is -3.15. The van der Waals surface area contributed by atoms with Gasteiger partial charge in [0.05, 0.1) is 18.8 Å². The van der Waals surface area contributed by atoms with Gasteiger partial charge in [-0.15, -0.1) is 0 Å². The molecular formula is C22H22FN3O2. The first-order valence-corrected chi connectivity index (χ1v) is 9.39. The fourth-order valence-corrected chi connectivity index (χ4v) is 3.78. The second kappa shape index (κ2) is 7.46. The Balaban J connectivity index is 1.63. The van der Waals surface area contributed by atoms with E-state index in [4.69, 9.17) is 4.74 Å². The quantitative estimate of drug-likeness (QED) is 0.729. The van der Waals surface area contributed by atoms with Crippen molar-refractivity contribution in [1.82, 2.24) is 15.1 Å². The van der Waals surface area contributed by atoms with Gasteiger partial charge in [-0.25, -0.2) is 9.07 Å². The molecule has 0 spiro atoms. The zero-order chi connectivity index (χ0) is 19.7. The van der Waals surface area contributed by atoms with E-state index < -0.39 is 0 Å². The lowest BCUT2D eigenvalue weighted by atomic mass is 10.1. The van der Waals surface area contributed by atoms with E-state index in [1.807, 2.05) is 31.2 Å². The van der Waals surface area contributed by atoms with Gasteiger partial charge in [-0.05, 0) is 56.5 Å². The molecule has 6 heteroatoms. The zero-order valence-corrected chi connectivity index (χ0v) is 15.9. The van der Waals surface area contributed by atoms with Crippen LogP contribution in [-0.4, -0.2) is 22.8 Å². The average molecular weight is 379 g/mol. The van der Waals surface area contributed by atoms with Crippen LogP contribution in [0.4, 0.5) is 4.39 Å². The van der Waals surface area contributed by atoms with Crippen molar-refractivity contribution in [2.45, 2.75) is 32.2 Å². The third-order valence-electron chi connectivity index (χ3n) is 5.17. The number of halogens is 1. The number of hydrogen-bond acceptors (Lipinski definition) is 3. The predicted molar refractivity (Wildman–Crippen MR) is 104 cm³/mol. The molecule has 1 aliphatic rings. The zero-order valence-electron chi connectivity index (χ0n) is 15.9. The van der Waals surface area contributed by atoms with Gasteiger partial charge in [0, 0.05) is 16.8 Å². The van der Waals surface area contributed by atoms with Gasteiger partial charge in [-0.2, -0.15) is 5.10 Å². The molecule has 3 aromatic rings. The van der Waals surface area contributed by atoms with E-state index in [1.54, 1.807) is 23.9 Å². The van der Waals surface area contributed by atoms with Gasteiger partial charge in [0.15, 0.2) is 5.69 Å². The molecule has 0 fully saturated rings. The number of carbonyl (C=O) groups is 1. The molecule has 1 aliphatic carbocycles. The SMILES string of the molecule is COc1ccccc1C(C)NC(=O)c1nn(-c2ccc(F)cc2)c2c1CCC2. The van der Waals surface area contributed by atoms with E-state index in [2.05, 4.69) is 10.4 Å². The molecule has 4 rings (SSSR count). The highest BCUT2D eigenvalue weighted by Gasteiger charge is 2.28. The number of ether oxygens (including phenoxy) is 1. The monoisotopic (exact) mass is 379 g/mol. The molecule has 0 saturated carbocycles. The van der Waals surface area contributed by atoms with Gasteiger partial charge < -0.3 is 10.1 Å². The molecule has 28 heavy (non-hydrogen) atoms. The van der Waals surface area contributed by atoms with Crippen LogP contribution in [-0.2, 0) is 12.8 Å². The van der Waals surface area contributed by atoms with Crippen LogP contribution < -0.4 is 10.1 Å². The number of nitrogens with one attached hydrogen (secondary N) is 1. The van der Waals surface area contributed by atoms with Crippen LogP contribution in [0.5, 0.6) is 5.75 Å². The number of aromatic nitrogens is 2. The lowest BCUT2D eigenvalue weighted by molar-refractivity contribution is 0.0933. The van der Waals surface area contributed by atoms with Crippen LogP contribution in [0.25, 0.3) is 5.69 Å². The van der Waals surface area contributed by atoms with Crippen molar-refractivity contribution < 1.29 is 13.9 Å². The van der Waals surface area contributed by atoms with Crippen molar-refractivity contribution >= 4 is 5.91 Å². The molecule has 0 saturated heterocycles. The van der Waals surface area contributed by atoms with Gasteiger partial charge in [0.25, 0.3) is 5.91 Å². The van der Waals surface area contributed by atoms with Crippen LogP contribution in [0.3, 0.4) is 0 Å². The van der Waals surface area contributed by atoms with Gasteiger partial charge in [0.2, 0.25) is 0 Å². The standard InChI is InChI=1S/C22H22FN3O2/c1-14(17-6-3-4-9-20(17)28-2)24-22(27)21-18-7-5-8-19(18)26(25-21)16-12-10-15(23)11-13-16/h3-4,6,9-14H,5,7-8H2,1-2H3,(H,24,27). The molecule has 1 atom stereocenters. The van der Waals surface area contributed by atoms with Gasteiger partial charge in [-0.1, -0.05) is 18.2 Å². The van der Waals surface area contributed by atoms with Gasteiger partial charge >= 0.3 is 0 Å². The number of carbonyl (C=O) groups excluding carboxylic acids is 1. The maximum Gasteiger partial charge on any atom is 0.272 e. The molecule has 0 radical (unpaired) electrons. The van der Waals surface area contributed by atoms with E-state index in [9.17, 15) is 9.18 Å². The lowest BCUT2D eigenvalue weighted by Crippen LogP contribution is -2.28. The third kappa shape index (κ3) is 3.26. The second-order valence-corrected chi connectivity index (χ2v) is 6.95. The number of hydrogen-bond donors (Lipinski definition) is 1. The maximum absolute atomic E-state index is 13.3. The summed E-state index contributed by atoms with van der Waals surface area (Å²) in [6, 6.07) is 13.6. The normalized spacial score (nSPS) is 13.8. The first-order chi connectivity index (χ1) is 13.6. The van der Waals surface area contributed by atoms with Crippen molar-refractivity contribution in [2.24, 2.45) is 0 Å². The number of benzene rings is 2. The summed E-state index contributed by atoms with van der Waals surface area (Å²) in [6.07, 6.45) is 2.66. The Kier molecular flexibility index (Phi) is 4.86. The van der Waals surface area contributed by atoms with Crippen LogP contribution in [0.15, 0.2) is 48.5 Å². The smallest absolute Gasteiger partial charge is 0.272 e. The molecule has 0 aliphatic heterocycles. The summed E-state index contributed by atoms with van der Waals surface area (Å²) in [5, 5.41) is 7.61. The summed E-state index contributed by atoms with van der Waals surface area (Å²) in [5.41, 5.74) is 4.12. The van der Waals surface area contributed by atoms with Crippen molar-refractivity contribution in [3.63, 3.8) is 0 Å². The Morgan fingerprint density at radius 1 is 1.18 bits per heavy atom. The van der Waals surface area contributed by atoms with Crippen LogP contribution in [0.1, 0.15) is 46.7 Å². The first-order valence-electron chi connectivity index (χ1n) is 9.39. The fourth-order valence-electron chi connectivity index (χ4n) is 3.78. The largest absolute Gasteiger partial charge is 0.496 e. The highest BCUT2D eigenvalue weighted by molar-refractivity contribution is 5.94. The minimum absolute atomic E-state index is 0.211. The topological polar surface area (TPSA) is 56.1 Å². The van der Waals surface area contributed by atoms with Crippen LogP contribution in [0.2, 0.25) is 0 Å². The van der Waals surface area contributed by atoms with E-state index in [0.717, 1.165) is 47.5 Å². The summed E-state index contributed by atoms with van der Waals surface area (Å²) in [4.78, 5) is 13.0. The number of nitrogens with zero attached hydrogens (tertiary/aromatic N) is 2. The van der Waals surface area contributed by atoms with Crippen molar-refractivity contribution in [3.8, 4) is 11.4 Å². The van der Waals surface area contributed by atoms with E-state index >= 15 is 0 Å². The Labute approximate surface area is 163 Å². The first kappa shape index (κ1) is 18.2. The lowest BCUT2D eigenvalue weighted by Gasteiger charge is -2.17. The summed E-state index contributed by atoms with van der Waals surface area (Å²) < 4.78 is 20.4. The molecule has 1 heterocycles. The summed E-state index contributed by atoms with van der Waals surface area (Å²) in [6.45, 7) is 1.92. The molecule has 0 bridgehead atoms. The van der Waals surface area contributed by atoms with E-state index in [-0.39, 0.29) is 17.8 Å². The molecule has 1 unspecified atom stereocenters. The van der Waals surface area contributed by atoms with Crippen molar-refractivity contribution in [2.75, 3.05) is 7.11 Å². The van der Waals surface area contributed by atoms with Crippen molar-refractivity contribution in [1.29, 1.82) is 0 Å². The Morgan fingerprint density at radius 2 is 1.93 bits per heavy atom. The van der Waals surface area contributed by atoms with Gasteiger partial charge in [-0.3, -0.25) is 4.79 Å². The van der Waals surface area contributed by atoms with Crippen LogP contribution >= 0.6 is 0 Å². The highest BCUT2D eigenvalue weighted by atomic mass is 19.1. The molecule has 2 aromatic carbocycles. The molecule has 1 aromatic heterocycles. The molecule has 1 amide bonds. The number of rotatable bonds is 5. The average Bonchev–Trinajstić information content (AvgIpc) is 3.31. The Morgan fingerprint density at radius 3 is 2.68 bits per heavy atom. The summed E-state index contributed by atoms with van der Waals surface area (Å²) in [5.74, 6) is 0.228. The second-order valence-electron chi connectivity index (χ2n) is 6.95. The number of methoxy groups -OCH3 is 1. The molecule has 144 valence electrons. The van der Waals surface area contributed by atoms with Gasteiger partial charge in [0.1, 0.15) is 11.6 Å². The van der Waals surface area contributed by atoms with E-state index in [1.165, 1.54) is 12.1 Å². The van der Waals surface area contributed by atoms with E-state index in [0.29, 0.717) is 5.69 Å². The third-order valence-corrected chi connectivity index (χ3v) is 5.17. The minimum atomic E-state index is -0.295. The fraction of sp³-hybridized carbons (Fsp3) is 0.273. The predicted octanol–water partition coefficient (Wildman–Crippen LogP) is 4.00. The molecule has 1 N–H and O–H groups in total. The number of fused-ring (bicyclic) bond motifs is 1. The number of para-hydroxylation sites is 1. The van der Waals surface area contributed by atoms with Crippen LogP contribution in [0, 0.1) is 5.82 Å².